The van der Waals surface area contributed by atoms with Crippen LogP contribution in [0.5, 0.6) is 0 Å². The van der Waals surface area contributed by atoms with Crippen LogP contribution in [-0.2, 0) is 4.74 Å². The van der Waals surface area contributed by atoms with Crippen LogP contribution in [0.3, 0.4) is 0 Å². The number of rotatable bonds is 4. The summed E-state index contributed by atoms with van der Waals surface area (Å²) in [5.41, 5.74) is 3.90. The third kappa shape index (κ3) is 4.01. The maximum absolute atomic E-state index is 12.5. The normalized spacial score (nSPS) is 10.5. The van der Waals surface area contributed by atoms with Gasteiger partial charge in [-0.25, -0.2) is 9.48 Å². The van der Waals surface area contributed by atoms with Crippen molar-refractivity contribution in [3.63, 3.8) is 0 Å². The van der Waals surface area contributed by atoms with Crippen LogP contribution in [0.25, 0.3) is 5.69 Å². The number of aryl methyl sites for hydroxylation is 2. The lowest BCUT2D eigenvalue weighted by molar-refractivity contribution is 0.0600. The minimum Gasteiger partial charge on any atom is -0.465 e. The maximum Gasteiger partial charge on any atom is 0.337 e. The molecule has 3 aromatic rings. The second-order valence-electron chi connectivity index (χ2n) is 6.03. The zero-order valence-electron chi connectivity index (χ0n) is 15.1. The van der Waals surface area contributed by atoms with Gasteiger partial charge >= 0.3 is 5.97 Å². The Morgan fingerprint density at radius 2 is 1.70 bits per heavy atom. The van der Waals surface area contributed by atoms with E-state index in [-0.39, 0.29) is 5.91 Å². The Kier molecular flexibility index (Phi) is 5.28. The SMILES string of the molecule is COC(=O)c1ccc(Cl)c(NC(=O)c2ccc(-n3nc(C)cc3C)cc2)c1. The van der Waals surface area contributed by atoms with Gasteiger partial charge in [0.1, 0.15) is 0 Å². The largest absolute Gasteiger partial charge is 0.465 e. The molecule has 2 aromatic carbocycles. The van der Waals surface area contributed by atoms with E-state index >= 15 is 0 Å². The molecule has 0 radical (unpaired) electrons. The van der Waals surface area contributed by atoms with Crippen molar-refractivity contribution in [2.75, 3.05) is 12.4 Å². The number of ether oxygens (including phenoxy) is 1. The number of amides is 1. The molecule has 1 amide bonds. The highest BCUT2D eigenvalue weighted by atomic mass is 35.5. The van der Waals surface area contributed by atoms with Crippen molar-refractivity contribution in [1.29, 1.82) is 0 Å². The van der Waals surface area contributed by atoms with Gasteiger partial charge in [0.05, 0.1) is 34.8 Å². The number of nitrogens with zero attached hydrogens (tertiary/aromatic N) is 2. The van der Waals surface area contributed by atoms with Gasteiger partial charge in [-0.1, -0.05) is 11.6 Å². The molecule has 0 bridgehead atoms. The van der Waals surface area contributed by atoms with E-state index in [4.69, 9.17) is 11.6 Å². The molecule has 6 nitrogen and oxygen atoms in total. The Bertz CT molecular complexity index is 1010. The van der Waals surface area contributed by atoms with Gasteiger partial charge in [-0.3, -0.25) is 4.79 Å². The number of aromatic nitrogens is 2. The predicted molar refractivity (Wildman–Crippen MR) is 104 cm³/mol. The average Bonchev–Trinajstić information content (AvgIpc) is 3.01. The topological polar surface area (TPSA) is 73.2 Å². The van der Waals surface area contributed by atoms with E-state index < -0.39 is 5.97 Å². The Labute approximate surface area is 161 Å². The van der Waals surface area contributed by atoms with Gasteiger partial charge in [-0.15, -0.1) is 0 Å². The summed E-state index contributed by atoms with van der Waals surface area (Å²) in [6.45, 7) is 3.90. The summed E-state index contributed by atoms with van der Waals surface area (Å²) in [5.74, 6) is -0.838. The van der Waals surface area contributed by atoms with Crippen molar-refractivity contribution >= 4 is 29.2 Å². The number of esters is 1. The van der Waals surface area contributed by atoms with E-state index in [1.54, 1.807) is 12.1 Å². The molecule has 1 aromatic heterocycles. The Morgan fingerprint density at radius 3 is 2.30 bits per heavy atom. The number of carbonyl (C=O) groups is 2. The van der Waals surface area contributed by atoms with Gasteiger partial charge in [0.25, 0.3) is 5.91 Å². The minimum absolute atomic E-state index is 0.303. The lowest BCUT2D eigenvalue weighted by Crippen LogP contribution is -2.13. The Balaban J connectivity index is 1.81. The van der Waals surface area contributed by atoms with Gasteiger partial charge in [0.2, 0.25) is 0 Å². The van der Waals surface area contributed by atoms with E-state index in [0.29, 0.717) is 21.8 Å². The van der Waals surface area contributed by atoms with E-state index in [1.165, 1.54) is 25.3 Å². The average molecular weight is 384 g/mol. The molecule has 3 rings (SSSR count). The first-order valence-corrected chi connectivity index (χ1v) is 8.60. The van der Waals surface area contributed by atoms with Crippen molar-refractivity contribution in [2.24, 2.45) is 0 Å². The molecule has 1 N–H and O–H groups in total. The molecule has 7 heteroatoms. The first kappa shape index (κ1) is 18.7. The van der Waals surface area contributed by atoms with Crippen molar-refractivity contribution < 1.29 is 14.3 Å². The number of carbonyl (C=O) groups excluding carboxylic acids is 2. The first-order chi connectivity index (χ1) is 12.9. The first-order valence-electron chi connectivity index (χ1n) is 8.22. The highest BCUT2D eigenvalue weighted by Crippen LogP contribution is 2.24. The molecular weight excluding hydrogens is 366 g/mol. The van der Waals surface area contributed by atoms with Crippen LogP contribution in [-0.4, -0.2) is 28.8 Å². The molecule has 1 heterocycles. The molecule has 0 saturated carbocycles. The lowest BCUT2D eigenvalue weighted by atomic mass is 10.1. The quantitative estimate of drug-likeness (QED) is 0.686. The number of halogens is 1. The number of benzene rings is 2. The third-order valence-electron chi connectivity index (χ3n) is 4.02. The van der Waals surface area contributed by atoms with Gasteiger partial charge in [-0.2, -0.15) is 5.10 Å². The van der Waals surface area contributed by atoms with Crippen LogP contribution in [0.4, 0.5) is 5.69 Å². The van der Waals surface area contributed by atoms with Crippen LogP contribution in [0.1, 0.15) is 32.1 Å². The Morgan fingerprint density at radius 1 is 1.04 bits per heavy atom. The summed E-state index contributed by atoms with van der Waals surface area (Å²) in [6, 6.07) is 13.6. The highest BCUT2D eigenvalue weighted by Gasteiger charge is 2.13. The summed E-state index contributed by atoms with van der Waals surface area (Å²) >= 11 is 6.12. The molecule has 0 fully saturated rings. The molecule has 0 saturated heterocycles. The maximum atomic E-state index is 12.5. The van der Waals surface area contributed by atoms with Crippen LogP contribution in [0, 0.1) is 13.8 Å². The fourth-order valence-corrected chi connectivity index (χ4v) is 2.87. The molecule has 0 spiro atoms. The van der Waals surface area contributed by atoms with Gasteiger partial charge in [0.15, 0.2) is 0 Å². The molecule has 0 aliphatic carbocycles. The molecule has 27 heavy (non-hydrogen) atoms. The number of methoxy groups -OCH3 is 1. The molecular formula is C20H18ClN3O3. The third-order valence-corrected chi connectivity index (χ3v) is 4.35. The van der Waals surface area contributed by atoms with Crippen molar-refractivity contribution in [1.82, 2.24) is 9.78 Å². The highest BCUT2D eigenvalue weighted by molar-refractivity contribution is 6.34. The molecule has 0 aliphatic rings. The summed E-state index contributed by atoms with van der Waals surface area (Å²) in [7, 11) is 1.29. The Hall–Kier alpha value is -3.12. The molecule has 0 aliphatic heterocycles. The monoisotopic (exact) mass is 383 g/mol. The molecule has 0 atom stereocenters. The van der Waals surface area contributed by atoms with Gasteiger partial charge in [0, 0.05) is 11.3 Å². The summed E-state index contributed by atoms with van der Waals surface area (Å²) in [6.07, 6.45) is 0. The van der Waals surface area contributed by atoms with Crippen molar-refractivity contribution in [3.05, 3.63) is 76.1 Å². The smallest absolute Gasteiger partial charge is 0.337 e. The fraction of sp³-hybridized carbons (Fsp3) is 0.150. The second-order valence-corrected chi connectivity index (χ2v) is 6.43. The summed E-state index contributed by atoms with van der Waals surface area (Å²) < 4.78 is 6.50. The van der Waals surface area contributed by atoms with Crippen LogP contribution in [0.2, 0.25) is 5.02 Å². The number of hydrogen-bond acceptors (Lipinski definition) is 4. The van der Waals surface area contributed by atoms with Gasteiger partial charge < -0.3 is 10.1 Å². The molecule has 138 valence electrons. The van der Waals surface area contributed by atoms with Gasteiger partial charge in [-0.05, 0) is 62.4 Å². The standard InChI is InChI=1S/C20H18ClN3O3/c1-12-10-13(2)24(23-12)16-7-4-14(5-8-16)19(25)22-18-11-15(20(26)27-3)6-9-17(18)21/h4-11H,1-3H3,(H,22,25). The number of hydrogen-bond donors (Lipinski definition) is 1. The zero-order valence-corrected chi connectivity index (χ0v) is 15.9. The summed E-state index contributed by atoms with van der Waals surface area (Å²) in [4.78, 5) is 24.2. The fourth-order valence-electron chi connectivity index (χ4n) is 2.70. The van der Waals surface area contributed by atoms with E-state index in [9.17, 15) is 9.59 Å². The van der Waals surface area contributed by atoms with E-state index in [0.717, 1.165) is 17.1 Å². The number of nitrogens with one attached hydrogen (secondary N) is 1. The lowest BCUT2D eigenvalue weighted by Gasteiger charge is -2.10. The zero-order chi connectivity index (χ0) is 19.6. The van der Waals surface area contributed by atoms with E-state index in [2.05, 4.69) is 15.2 Å². The summed E-state index contributed by atoms with van der Waals surface area (Å²) in [5, 5.41) is 7.47. The van der Waals surface area contributed by atoms with Crippen LogP contribution < -0.4 is 5.32 Å². The van der Waals surface area contributed by atoms with Crippen molar-refractivity contribution in [2.45, 2.75) is 13.8 Å². The predicted octanol–water partition coefficient (Wildman–Crippen LogP) is 4.18. The van der Waals surface area contributed by atoms with Crippen LogP contribution >= 0.6 is 11.6 Å². The minimum atomic E-state index is -0.503. The number of anilines is 1. The molecule has 0 unspecified atom stereocenters. The van der Waals surface area contributed by atoms with Crippen molar-refractivity contribution in [3.8, 4) is 5.69 Å². The second kappa shape index (κ2) is 7.63. The van der Waals surface area contributed by atoms with Crippen LogP contribution in [0.15, 0.2) is 48.5 Å². The van der Waals surface area contributed by atoms with E-state index in [1.807, 2.05) is 36.7 Å².